The Morgan fingerprint density at radius 1 is 1.15 bits per heavy atom. The van der Waals surface area contributed by atoms with Crippen LogP contribution in [0.4, 0.5) is 5.69 Å². The number of carbonyl (C=O) groups is 2. The summed E-state index contributed by atoms with van der Waals surface area (Å²) in [5.74, 6) is 0.306. The Hall–Kier alpha value is -2.56. The Morgan fingerprint density at radius 2 is 1.94 bits per heavy atom. The molecule has 0 bridgehead atoms. The first-order valence-electron chi connectivity index (χ1n) is 12.2. The molecule has 1 aromatic carbocycles. The molecule has 3 fully saturated rings. The van der Waals surface area contributed by atoms with Gasteiger partial charge in [0.2, 0.25) is 11.8 Å². The van der Waals surface area contributed by atoms with Gasteiger partial charge in [0.15, 0.2) is 0 Å². The average Bonchev–Trinajstić information content (AvgIpc) is 3.52. The molecule has 2 aromatic rings. The maximum Gasteiger partial charge on any atom is 0.239 e. The van der Waals surface area contributed by atoms with E-state index in [1.807, 2.05) is 16.3 Å². The number of benzene rings is 1. The zero-order valence-electron chi connectivity index (χ0n) is 19.7. The van der Waals surface area contributed by atoms with Crippen molar-refractivity contribution in [1.29, 1.82) is 0 Å². The SMILES string of the molecule is CN1[C@@H](CCC(=O)N2CCN(c3ccccc3)CC2)CNC(=O)[C@@H]2[C@@H]1CCN2Cc1csnn1. The lowest BCUT2D eigenvalue weighted by Gasteiger charge is -2.37. The van der Waals surface area contributed by atoms with E-state index in [0.717, 1.165) is 51.3 Å². The Kier molecular flexibility index (Phi) is 7.07. The van der Waals surface area contributed by atoms with Crippen molar-refractivity contribution in [2.45, 2.75) is 43.9 Å². The first-order valence-corrected chi connectivity index (χ1v) is 13.0. The summed E-state index contributed by atoms with van der Waals surface area (Å²) < 4.78 is 3.95. The minimum Gasteiger partial charge on any atom is -0.368 e. The number of hydrogen-bond donors (Lipinski definition) is 1. The van der Waals surface area contributed by atoms with Crippen LogP contribution in [0.2, 0.25) is 0 Å². The maximum absolute atomic E-state index is 13.0. The molecule has 1 aromatic heterocycles. The molecule has 0 unspecified atom stereocenters. The van der Waals surface area contributed by atoms with Gasteiger partial charge in [-0.2, -0.15) is 0 Å². The summed E-state index contributed by atoms with van der Waals surface area (Å²) in [7, 11) is 2.11. The van der Waals surface area contributed by atoms with Crippen molar-refractivity contribution in [3.05, 3.63) is 41.4 Å². The van der Waals surface area contributed by atoms with E-state index in [4.69, 9.17) is 0 Å². The fourth-order valence-electron chi connectivity index (χ4n) is 5.59. The predicted octanol–water partition coefficient (Wildman–Crippen LogP) is 1.04. The fourth-order valence-corrected chi connectivity index (χ4v) is 6.03. The largest absolute Gasteiger partial charge is 0.368 e. The second-order valence-corrected chi connectivity index (χ2v) is 10.1. The number of fused-ring (bicyclic) bond motifs is 1. The number of piperazine rings is 1. The van der Waals surface area contributed by atoms with Gasteiger partial charge in [-0.05, 0) is 43.6 Å². The molecule has 9 nitrogen and oxygen atoms in total. The summed E-state index contributed by atoms with van der Waals surface area (Å²) in [5.41, 5.74) is 2.14. The van der Waals surface area contributed by atoms with Gasteiger partial charge in [-0.1, -0.05) is 22.7 Å². The van der Waals surface area contributed by atoms with Crippen molar-refractivity contribution in [3.8, 4) is 0 Å². The van der Waals surface area contributed by atoms with Crippen LogP contribution in [0.15, 0.2) is 35.7 Å². The van der Waals surface area contributed by atoms with Crippen molar-refractivity contribution in [1.82, 2.24) is 29.6 Å². The molecule has 0 saturated carbocycles. The molecule has 34 heavy (non-hydrogen) atoms. The lowest BCUT2D eigenvalue weighted by molar-refractivity contribution is -0.132. The summed E-state index contributed by atoms with van der Waals surface area (Å²) in [6.07, 6.45) is 2.22. The molecule has 182 valence electrons. The minimum absolute atomic E-state index is 0.0865. The van der Waals surface area contributed by atoms with E-state index < -0.39 is 0 Å². The highest BCUT2D eigenvalue weighted by Gasteiger charge is 2.45. The smallest absolute Gasteiger partial charge is 0.239 e. The van der Waals surface area contributed by atoms with E-state index in [1.165, 1.54) is 17.2 Å². The highest BCUT2D eigenvalue weighted by atomic mass is 32.1. The number of rotatable bonds is 6. The summed E-state index contributed by atoms with van der Waals surface area (Å²) in [5, 5.41) is 9.24. The van der Waals surface area contributed by atoms with Crippen LogP contribution in [-0.2, 0) is 16.1 Å². The first-order chi connectivity index (χ1) is 16.6. The molecular weight excluding hydrogens is 450 g/mol. The summed E-state index contributed by atoms with van der Waals surface area (Å²) in [6, 6.07) is 10.5. The monoisotopic (exact) mass is 483 g/mol. The summed E-state index contributed by atoms with van der Waals surface area (Å²) in [4.78, 5) is 34.8. The molecule has 1 N–H and O–H groups in total. The van der Waals surface area contributed by atoms with Crippen LogP contribution in [0.3, 0.4) is 0 Å². The molecular formula is C24H33N7O2S. The molecule has 4 heterocycles. The van der Waals surface area contributed by atoms with Gasteiger partial charge in [0.05, 0.1) is 5.69 Å². The van der Waals surface area contributed by atoms with E-state index in [9.17, 15) is 9.59 Å². The van der Waals surface area contributed by atoms with Crippen LogP contribution in [0.25, 0.3) is 0 Å². The van der Waals surface area contributed by atoms with Crippen LogP contribution < -0.4 is 10.2 Å². The zero-order chi connectivity index (χ0) is 23.5. The molecule has 0 spiro atoms. The Labute approximate surface area is 204 Å². The predicted molar refractivity (Wildman–Crippen MR) is 132 cm³/mol. The van der Waals surface area contributed by atoms with Crippen LogP contribution in [0.5, 0.6) is 0 Å². The van der Waals surface area contributed by atoms with E-state index in [0.29, 0.717) is 19.5 Å². The molecule has 2 amide bonds. The first kappa shape index (κ1) is 23.2. The lowest BCUT2D eigenvalue weighted by atomic mass is 10.0. The standard InChI is InChI=1S/C24H33N7O2S/c1-28-20(7-8-22(32)30-13-11-29(12-14-30)19-5-3-2-4-6-19)15-25-24(33)23-21(28)9-10-31(23)16-18-17-34-27-26-18/h2-6,17,20-21,23H,7-16H2,1H3,(H,25,33)/t20-,21-,23-/m0/s1. The maximum atomic E-state index is 13.0. The third kappa shape index (κ3) is 4.94. The van der Waals surface area contributed by atoms with E-state index >= 15 is 0 Å². The molecule has 3 aliphatic heterocycles. The highest BCUT2D eigenvalue weighted by molar-refractivity contribution is 7.03. The van der Waals surface area contributed by atoms with Gasteiger partial charge >= 0.3 is 0 Å². The van der Waals surface area contributed by atoms with Crippen LogP contribution >= 0.6 is 11.5 Å². The van der Waals surface area contributed by atoms with Crippen molar-refractivity contribution < 1.29 is 9.59 Å². The lowest BCUT2D eigenvalue weighted by Crippen LogP contribution is -2.50. The van der Waals surface area contributed by atoms with Crippen LogP contribution in [0.1, 0.15) is 25.0 Å². The van der Waals surface area contributed by atoms with E-state index in [1.54, 1.807) is 0 Å². The number of likely N-dealkylation sites (tertiary alicyclic amines) is 1. The molecule has 0 radical (unpaired) electrons. The molecule has 5 rings (SSSR count). The summed E-state index contributed by atoms with van der Waals surface area (Å²) >= 11 is 1.34. The second kappa shape index (κ2) is 10.4. The number of hydrogen-bond acceptors (Lipinski definition) is 8. The van der Waals surface area contributed by atoms with Gasteiger partial charge in [0, 0.05) is 75.4 Å². The second-order valence-electron chi connectivity index (χ2n) is 9.47. The highest BCUT2D eigenvalue weighted by Crippen LogP contribution is 2.28. The van der Waals surface area contributed by atoms with Crippen molar-refractivity contribution in [3.63, 3.8) is 0 Å². The van der Waals surface area contributed by atoms with Gasteiger partial charge in [0.1, 0.15) is 6.04 Å². The minimum atomic E-state index is -0.182. The number of aromatic nitrogens is 2. The number of nitrogens with zero attached hydrogens (tertiary/aromatic N) is 6. The van der Waals surface area contributed by atoms with Gasteiger partial charge in [0.25, 0.3) is 0 Å². The third-order valence-electron chi connectivity index (χ3n) is 7.56. The Balaban J connectivity index is 1.13. The number of para-hydroxylation sites is 1. The van der Waals surface area contributed by atoms with E-state index in [2.05, 4.69) is 60.9 Å². The average molecular weight is 484 g/mol. The molecule has 0 aliphatic carbocycles. The quantitative estimate of drug-likeness (QED) is 0.657. The number of nitrogens with one attached hydrogen (secondary N) is 1. The van der Waals surface area contributed by atoms with Crippen molar-refractivity contribution >= 4 is 29.0 Å². The molecule has 3 aliphatic rings. The number of anilines is 1. The van der Waals surface area contributed by atoms with E-state index in [-0.39, 0.29) is 29.9 Å². The van der Waals surface area contributed by atoms with Crippen LogP contribution in [0, 0.1) is 0 Å². The number of amides is 2. The Morgan fingerprint density at radius 3 is 2.68 bits per heavy atom. The number of carbonyl (C=O) groups excluding carboxylic acids is 2. The molecule has 3 saturated heterocycles. The van der Waals surface area contributed by atoms with Crippen LogP contribution in [-0.4, -0.2) is 101 Å². The normalized spacial score (nSPS) is 26.3. The Bertz CT molecular complexity index is 965. The van der Waals surface area contributed by atoms with Crippen molar-refractivity contribution in [2.24, 2.45) is 0 Å². The number of likely N-dealkylation sites (N-methyl/N-ethyl adjacent to an activating group) is 1. The zero-order valence-corrected chi connectivity index (χ0v) is 20.5. The molecule has 10 heteroatoms. The third-order valence-corrected chi connectivity index (χ3v) is 8.12. The van der Waals surface area contributed by atoms with Gasteiger partial charge < -0.3 is 15.1 Å². The topological polar surface area (TPSA) is 84.9 Å². The van der Waals surface area contributed by atoms with Crippen molar-refractivity contribution in [2.75, 3.05) is 51.2 Å². The summed E-state index contributed by atoms with van der Waals surface area (Å²) in [6.45, 7) is 5.35. The molecule has 3 atom stereocenters. The fraction of sp³-hybridized carbons (Fsp3) is 0.583. The van der Waals surface area contributed by atoms with Gasteiger partial charge in [-0.3, -0.25) is 19.4 Å². The van der Waals surface area contributed by atoms with Gasteiger partial charge in [-0.25, -0.2) is 0 Å². The van der Waals surface area contributed by atoms with Gasteiger partial charge in [-0.15, -0.1) is 5.10 Å².